The topological polar surface area (TPSA) is 69.7 Å². The van der Waals surface area contributed by atoms with Crippen LogP contribution in [0.2, 0.25) is 10.0 Å². The van der Waals surface area contributed by atoms with Crippen molar-refractivity contribution < 1.29 is 14.4 Å². The number of likely N-dealkylation sites (tertiary alicyclic amines) is 1. The Morgan fingerprint density at radius 2 is 1.92 bits per heavy atom. The first-order chi connectivity index (χ1) is 12.0. The van der Waals surface area contributed by atoms with E-state index >= 15 is 0 Å². The van der Waals surface area contributed by atoms with E-state index in [-0.39, 0.29) is 30.4 Å². The number of piperidine rings is 1. The van der Waals surface area contributed by atoms with Gasteiger partial charge in [-0.2, -0.15) is 0 Å². The molecule has 6 nitrogen and oxygen atoms in total. The van der Waals surface area contributed by atoms with Crippen molar-refractivity contribution in [1.29, 1.82) is 0 Å². The highest BCUT2D eigenvalue weighted by Crippen LogP contribution is 2.23. The normalized spacial score (nSPS) is 18.6. The lowest BCUT2D eigenvalue weighted by Crippen LogP contribution is -2.49. The molecule has 25 heavy (non-hydrogen) atoms. The molecule has 0 aliphatic carbocycles. The standard InChI is InChI=1S/C17H19Cl2N3O3/c18-12-3-1-11(14(19)9-12)2-4-15(23)21-7-5-13(6-8-21)22-16(24)10-20-17(22)25/h1,3,9,13H,2,4-8,10H2,(H,20,25). The van der Waals surface area contributed by atoms with E-state index in [9.17, 15) is 14.4 Å². The third-order valence-corrected chi connectivity index (χ3v) is 5.27. The van der Waals surface area contributed by atoms with Crippen LogP contribution in [0.4, 0.5) is 4.79 Å². The SMILES string of the molecule is O=C(CCc1ccc(Cl)cc1Cl)N1CCC(N2C(=O)CNC2=O)CC1. The highest BCUT2D eigenvalue weighted by atomic mass is 35.5. The molecule has 134 valence electrons. The van der Waals surface area contributed by atoms with Crippen molar-refractivity contribution in [2.24, 2.45) is 0 Å². The lowest BCUT2D eigenvalue weighted by atomic mass is 10.0. The fourth-order valence-electron chi connectivity index (χ4n) is 3.30. The van der Waals surface area contributed by atoms with E-state index in [0.717, 1.165) is 5.56 Å². The first kappa shape index (κ1) is 18.0. The predicted molar refractivity (Wildman–Crippen MR) is 94.6 cm³/mol. The van der Waals surface area contributed by atoms with Gasteiger partial charge in [-0.05, 0) is 37.0 Å². The molecule has 4 amide bonds. The lowest BCUT2D eigenvalue weighted by Gasteiger charge is -2.35. The van der Waals surface area contributed by atoms with Gasteiger partial charge in [-0.25, -0.2) is 4.79 Å². The first-order valence-electron chi connectivity index (χ1n) is 8.27. The van der Waals surface area contributed by atoms with Gasteiger partial charge in [-0.15, -0.1) is 0 Å². The molecule has 0 spiro atoms. The molecular formula is C17H19Cl2N3O3. The van der Waals surface area contributed by atoms with Crippen molar-refractivity contribution in [3.05, 3.63) is 33.8 Å². The summed E-state index contributed by atoms with van der Waals surface area (Å²) in [6.45, 7) is 1.17. The van der Waals surface area contributed by atoms with Crippen molar-refractivity contribution in [3.63, 3.8) is 0 Å². The molecule has 1 N–H and O–H groups in total. The Hall–Kier alpha value is -1.79. The summed E-state index contributed by atoms with van der Waals surface area (Å²) < 4.78 is 0. The van der Waals surface area contributed by atoms with Crippen molar-refractivity contribution in [3.8, 4) is 0 Å². The number of imide groups is 1. The van der Waals surface area contributed by atoms with E-state index in [4.69, 9.17) is 23.2 Å². The third-order valence-electron chi connectivity index (χ3n) is 4.68. The van der Waals surface area contributed by atoms with Gasteiger partial charge in [-0.3, -0.25) is 14.5 Å². The zero-order chi connectivity index (χ0) is 18.0. The number of hydrogen-bond donors (Lipinski definition) is 1. The molecule has 2 heterocycles. The van der Waals surface area contributed by atoms with Crippen LogP contribution in [0.1, 0.15) is 24.8 Å². The van der Waals surface area contributed by atoms with Crippen molar-refractivity contribution in [2.75, 3.05) is 19.6 Å². The summed E-state index contributed by atoms with van der Waals surface area (Å²) in [4.78, 5) is 39.0. The second-order valence-corrected chi connectivity index (χ2v) is 7.11. The molecule has 1 aromatic carbocycles. The van der Waals surface area contributed by atoms with Crippen LogP contribution >= 0.6 is 23.2 Å². The van der Waals surface area contributed by atoms with Gasteiger partial charge < -0.3 is 10.2 Å². The highest BCUT2D eigenvalue weighted by molar-refractivity contribution is 6.35. The van der Waals surface area contributed by atoms with Gasteiger partial charge in [-0.1, -0.05) is 29.3 Å². The highest BCUT2D eigenvalue weighted by Gasteiger charge is 2.37. The summed E-state index contributed by atoms with van der Waals surface area (Å²) in [5, 5.41) is 3.67. The van der Waals surface area contributed by atoms with Gasteiger partial charge in [0, 0.05) is 35.6 Å². The van der Waals surface area contributed by atoms with Crippen LogP contribution in [0, 0.1) is 0 Å². The maximum Gasteiger partial charge on any atom is 0.324 e. The molecule has 0 bridgehead atoms. The van der Waals surface area contributed by atoms with Gasteiger partial charge in [0.05, 0.1) is 6.54 Å². The average molecular weight is 384 g/mol. The number of halogens is 2. The number of nitrogens with one attached hydrogen (secondary N) is 1. The average Bonchev–Trinajstić information content (AvgIpc) is 2.92. The van der Waals surface area contributed by atoms with E-state index in [1.807, 2.05) is 6.07 Å². The Kier molecular flexibility index (Phi) is 5.49. The second-order valence-electron chi connectivity index (χ2n) is 6.27. The fourth-order valence-corrected chi connectivity index (χ4v) is 3.80. The fraction of sp³-hybridized carbons (Fsp3) is 0.471. The summed E-state index contributed by atoms with van der Waals surface area (Å²) >= 11 is 12.0. The minimum Gasteiger partial charge on any atom is -0.343 e. The number of urea groups is 1. The molecule has 0 unspecified atom stereocenters. The molecule has 2 aliphatic heterocycles. The molecule has 0 atom stereocenters. The van der Waals surface area contributed by atoms with Crippen LogP contribution in [-0.2, 0) is 16.0 Å². The summed E-state index contributed by atoms with van der Waals surface area (Å²) in [5.41, 5.74) is 0.897. The molecule has 1 aromatic rings. The molecule has 3 rings (SSSR count). The smallest absolute Gasteiger partial charge is 0.324 e. The van der Waals surface area contributed by atoms with Gasteiger partial charge in [0.25, 0.3) is 0 Å². The van der Waals surface area contributed by atoms with Gasteiger partial charge in [0.1, 0.15) is 0 Å². The number of hydrogen-bond acceptors (Lipinski definition) is 3. The van der Waals surface area contributed by atoms with Gasteiger partial charge >= 0.3 is 6.03 Å². The Balaban J connectivity index is 1.50. The molecular weight excluding hydrogens is 365 g/mol. The van der Waals surface area contributed by atoms with E-state index in [2.05, 4.69) is 5.32 Å². The molecule has 2 saturated heterocycles. The van der Waals surface area contributed by atoms with E-state index in [0.29, 0.717) is 48.8 Å². The van der Waals surface area contributed by atoms with Crippen LogP contribution in [0.5, 0.6) is 0 Å². The Morgan fingerprint density at radius 1 is 1.20 bits per heavy atom. The Bertz CT molecular complexity index is 686. The summed E-state index contributed by atoms with van der Waals surface area (Å²) in [5.74, 6) is -0.131. The maximum atomic E-state index is 12.4. The quantitative estimate of drug-likeness (QED) is 0.811. The van der Waals surface area contributed by atoms with Crippen LogP contribution in [-0.4, -0.2) is 53.3 Å². The maximum absolute atomic E-state index is 12.4. The van der Waals surface area contributed by atoms with Crippen molar-refractivity contribution >= 4 is 41.0 Å². The molecule has 0 saturated carbocycles. The summed E-state index contributed by atoms with van der Waals surface area (Å²) in [7, 11) is 0. The number of rotatable bonds is 4. The third kappa shape index (κ3) is 4.07. The lowest BCUT2D eigenvalue weighted by molar-refractivity contribution is -0.133. The number of amides is 4. The minimum absolute atomic E-state index is 0.0571. The first-order valence-corrected chi connectivity index (χ1v) is 9.03. The number of aryl methyl sites for hydroxylation is 1. The molecule has 2 aliphatic rings. The molecule has 2 fully saturated rings. The minimum atomic E-state index is -0.327. The summed E-state index contributed by atoms with van der Waals surface area (Å²) in [6.07, 6.45) is 2.16. The number of carbonyl (C=O) groups is 3. The molecule has 8 heteroatoms. The van der Waals surface area contributed by atoms with Gasteiger partial charge in [0.15, 0.2) is 0 Å². The molecule has 0 radical (unpaired) electrons. The summed E-state index contributed by atoms with van der Waals surface area (Å²) in [6, 6.07) is 4.82. The van der Waals surface area contributed by atoms with Crippen molar-refractivity contribution in [2.45, 2.75) is 31.7 Å². The van der Waals surface area contributed by atoms with Crippen LogP contribution < -0.4 is 5.32 Å². The number of carbonyl (C=O) groups excluding carboxylic acids is 3. The number of benzene rings is 1. The molecule has 0 aromatic heterocycles. The van der Waals surface area contributed by atoms with Crippen molar-refractivity contribution in [1.82, 2.24) is 15.1 Å². The monoisotopic (exact) mass is 383 g/mol. The Labute approximate surface area is 156 Å². The Morgan fingerprint density at radius 3 is 2.52 bits per heavy atom. The van der Waals surface area contributed by atoms with Crippen LogP contribution in [0.25, 0.3) is 0 Å². The zero-order valence-corrected chi connectivity index (χ0v) is 15.1. The van der Waals surface area contributed by atoms with E-state index < -0.39 is 0 Å². The van der Waals surface area contributed by atoms with Crippen LogP contribution in [0.3, 0.4) is 0 Å². The van der Waals surface area contributed by atoms with E-state index in [1.54, 1.807) is 17.0 Å². The zero-order valence-electron chi connectivity index (χ0n) is 13.6. The van der Waals surface area contributed by atoms with Crippen LogP contribution in [0.15, 0.2) is 18.2 Å². The number of nitrogens with zero attached hydrogens (tertiary/aromatic N) is 2. The second kappa shape index (κ2) is 7.62. The largest absolute Gasteiger partial charge is 0.343 e. The van der Waals surface area contributed by atoms with E-state index in [1.165, 1.54) is 4.90 Å². The predicted octanol–water partition coefficient (Wildman–Crippen LogP) is 2.47. The van der Waals surface area contributed by atoms with Gasteiger partial charge in [0.2, 0.25) is 11.8 Å².